The zero-order valence-corrected chi connectivity index (χ0v) is 10.9. The molecule has 92 valence electrons. The van der Waals surface area contributed by atoms with Gasteiger partial charge in [0.25, 0.3) is 0 Å². The van der Waals surface area contributed by atoms with Crippen molar-refractivity contribution >= 4 is 0 Å². The lowest BCUT2D eigenvalue weighted by atomic mass is 9.89. The number of nitrogens with zero attached hydrogens (tertiary/aromatic N) is 2. The number of nitriles is 1. The third-order valence-corrected chi connectivity index (χ3v) is 3.85. The summed E-state index contributed by atoms with van der Waals surface area (Å²) in [6.07, 6.45) is 5.74. The highest BCUT2D eigenvalue weighted by Crippen LogP contribution is 2.24. The SMILES string of the molecule is CCNC1CCC(N(C)C(C)CC#N)CC1. The largest absolute Gasteiger partial charge is 0.314 e. The van der Waals surface area contributed by atoms with Crippen molar-refractivity contribution in [3.8, 4) is 6.07 Å². The summed E-state index contributed by atoms with van der Waals surface area (Å²) in [4.78, 5) is 2.39. The van der Waals surface area contributed by atoms with Gasteiger partial charge in [0, 0.05) is 18.1 Å². The molecule has 0 aromatic carbocycles. The molecule has 0 aliphatic heterocycles. The molecule has 0 aromatic heterocycles. The van der Waals surface area contributed by atoms with E-state index in [1.165, 1.54) is 25.7 Å². The molecule has 0 saturated heterocycles. The first kappa shape index (κ1) is 13.5. The molecule has 1 aliphatic carbocycles. The van der Waals surface area contributed by atoms with Crippen molar-refractivity contribution in [3.63, 3.8) is 0 Å². The Labute approximate surface area is 99.8 Å². The molecule has 0 radical (unpaired) electrons. The van der Waals surface area contributed by atoms with Crippen LogP contribution in [0.4, 0.5) is 0 Å². The topological polar surface area (TPSA) is 39.1 Å². The molecule has 0 aromatic rings. The molecule has 0 heterocycles. The van der Waals surface area contributed by atoms with Crippen molar-refractivity contribution in [2.45, 2.75) is 64.1 Å². The fourth-order valence-corrected chi connectivity index (χ4v) is 2.61. The maximum Gasteiger partial charge on any atom is 0.0638 e. The van der Waals surface area contributed by atoms with Crippen LogP contribution in [0, 0.1) is 11.3 Å². The van der Waals surface area contributed by atoms with Crippen molar-refractivity contribution < 1.29 is 0 Å². The monoisotopic (exact) mass is 223 g/mol. The van der Waals surface area contributed by atoms with E-state index in [1.807, 2.05) is 0 Å². The van der Waals surface area contributed by atoms with E-state index < -0.39 is 0 Å². The van der Waals surface area contributed by atoms with Crippen LogP contribution in [0.15, 0.2) is 0 Å². The van der Waals surface area contributed by atoms with Crippen LogP contribution in [-0.4, -0.2) is 36.6 Å². The van der Waals surface area contributed by atoms with Gasteiger partial charge in [0.1, 0.15) is 0 Å². The van der Waals surface area contributed by atoms with Crippen molar-refractivity contribution in [1.82, 2.24) is 10.2 Å². The van der Waals surface area contributed by atoms with Gasteiger partial charge in [-0.3, -0.25) is 4.90 Å². The Morgan fingerprint density at radius 1 is 1.38 bits per heavy atom. The van der Waals surface area contributed by atoms with Crippen LogP contribution in [0.25, 0.3) is 0 Å². The summed E-state index contributed by atoms with van der Waals surface area (Å²) in [5, 5.41) is 12.2. The standard InChI is InChI=1S/C13H25N3/c1-4-15-12-5-7-13(8-6-12)16(3)11(2)9-10-14/h11-13,15H,4-9H2,1-3H3. The molecule has 1 fully saturated rings. The third kappa shape index (κ3) is 3.77. The fraction of sp³-hybridized carbons (Fsp3) is 0.923. The second kappa shape index (κ2) is 6.88. The average Bonchev–Trinajstić information content (AvgIpc) is 2.30. The molecule has 0 bridgehead atoms. The quantitative estimate of drug-likeness (QED) is 0.776. The molecule has 1 N–H and O–H groups in total. The van der Waals surface area contributed by atoms with Crippen LogP contribution >= 0.6 is 0 Å². The summed E-state index contributed by atoms with van der Waals surface area (Å²) in [7, 11) is 2.17. The van der Waals surface area contributed by atoms with Crippen LogP contribution in [0.1, 0.15) is 46.0 Å². The lowest BCUT2D eigenvalue weighted by molar-refractivity contribution is 0.136. The first-order valence-electron chi connectivity index (χ1n) is 6.51. The lowest BCUT2D eigenvalue weighted by Gasteiger charge is -2.37. The molecule has 1 atom stereocenters. The second-order valence-corrected chi connectivity index (χ2v) is 4.94. The number of hydrogen-bond acceptors (Lipinski definition) is 3. The Balaban J connectivity index is 2.33. The van der Waals surface area contributed by atoms with E-state index in [1.54, 1.807) is 0 Å². The number of hydrogen-bond donors (Lipinski definition) is 1. The van der Waals surface area contributed by atoms with Gasteiger partial charge in [-0.2, -0.15) is 5.26 Å². The minimum atomic E-state index is 0.394. The van der Waals surface area contributed by atoms with Crippen LogP contribution in [0.3, 0.4) is 0 Å². The Bertz CT molecular complexity index is 226. The molecule has 1 saturated carbocycles. The van der Waals surface area contributed by atoms with Gasteiger partial charge in [-0.15, -0.1) is 0 Å². The molecule has 1 unspecified atom stereocenters. The minimum Gasteiger partial charge on any atom is -0.314 e. The predicted molar refractivity (Wildman–Crippen MR) is 67.2 cm³/mol. The Morgan fingerprint density at radius 2 is 2.00 bits per heavy atom. The Kier molecular flexibility index (Phi) is 5.79. The van der Waals surface area contributed by atoms with Gasteiger partial charge in [-0.05, 0) is 46.2 Å². The van der Waals surface area contributed by atoms with E-state index in [2.05, 4.69) is 37.2 Å². The van der Waals surface area contributed by atoms with Gasteiger partial charge in [0.15, 0.2) is 0 Å². The van der Waals surface area contributed by atoms with Crippen molar-refractivity contribution in [3.05, 3.63) is 0 Å². The molecule has 1 rings (SSSR count). The molecular weight excluding hydrogens is 198 g/mol. The van der Waals surface area contributed by atoms with Crippen molar-refractivity contribution in [2.75, 3.05) is 13.6 Å². The molecule has 3 heteroatoms. The van der Waals surface area contributed by atoms with Gasteiger partial charge in [-0.25, -0.2) is 0 Å². The zero-order valence-electron chi connectivity index (χ0n) is 10.9. The highest BCUT2D eigenvalue weighted by atomic mass is 15.2. The summed E-state index contributed by atoms with van der Waals surface area (Å²) < 4.78 is 0. The van der Waals surface area contributed by atoms with Gasteiger partial charge in [0.05, 0.1) is 12.5 Å². The van der Waals surface area contributed by atoms with Crippen molar-refractivity contribution in [1.29, 1.82) is 5.26 Å². The highest BCUT2D eigenvalue weighted by Gasteiger charge is 2.25. The smallest absolute Gasteiger partial charge is 0.0638 e. The highest BCUT2D eigenvalue weighted by molar-refractivity contribution is 4.86. The molecule has 16 heavy (non-hydrogen) atoms. The molecule has 1 aliphatic rings. The first-order valence-corrected chi connectivity index (χ1v) is 6.51. The number of rotatable bonds is 5. The van der Waals surface area contributed by atoms with Crippen LogP contribution in [-0.2, 0) is 0 Å². The molecule has 0 spiro atoms. The number of nitrogens with one attached hydrogen (secondary N) is 1. The Hall–Kier alpha value is -0.590. The van der Waals surface area contributed by atoms with Gasteiger partial charge in [-0.1, -0.05) is 6.92 Å². The normalized spacial score (nSPS) is 27.7. The van der Waals surface area contributed by atoms with E-state index >= 15 is 0 Å². The van der Waals surface area contributed by atoms with E-state index in [4.69, 9.17) is 5.26 Å². The summed E-state index contributed by atoms with van der Waals surface area (Å²) in [5.41, 5.74) is 0. The van der Waals surface area contributed by atoms with Gasteiger partial charge >= 0.3 is 0 Å². The maximum atomic E-state index is 8.71. The van der Waals surface area contributed by atoms with E-state index in [0.717, 1.165) is 12.6 Å². The van der Waals surface area contributed by atoms with E-state index in [9.17, 15) is 0 Å². The lowest BCUT2D eigenvalue weighted by Crippen LogP contribution is -2.44. The van der Waals surface area contributed by atoms with Gasteiger partial charge < -0.3 is 5.32 Å². The fourth-order valence-electron chi connectivity index (χ4n) is 2.61. The molecular formula is C13H25N3. The molecule has 3 nitrogen and oxygen atoms in total. The summed E-state index contributed by atoms with van der Waals surface area (Å²) in [6, 6.07) is 4.06. The Morgan fingerprint density at radius 3 is 2.50 bits per heavy atom. The average molecular weight is 223 g/mol. The minimum absolute atomic E-state index is 0.394. The van der Waals surface area contributed by atoms with Crippen LogP contribution in [0.5, 0.6) is 0 Å². The van der Waals surface area contributed by atoms with E-state index in [0.29, 0.717) is 18.5 Å². The van der Waals surface area contributed by atoms with Crippen LogP contribution in [0.2, 0.25) is 0 Å². The van der Waals surface area contributed by atoms with Gasteiger partial charge in [0.2, 0.25) is 0 Å². The second-order valence-electron chi connectivity index (χ2n) is 4.94. The predicted octanol–water partition coefficient (Wildman–Crippen LogP) is 2.14. The maximum absolute atomic E-state index is 8.71. The molecule has 0 amide bonds. The summed E-state index contributed by atoms with van der Waals surface area (Å²) in [6.45, 7) is 5.41. The van der Waals surface area contributed by atoms with Crippen molar-refractivity contribution in [2.24, 2.45) is 0 Å². The van der Waals surface area contributed by atoms with E-state index in [-0.39, 0.29) is 0 Å². The summed E-state index contributed by atoms with van der Waals surface area (Å²) in [5.74, 6) is 0. The third-order valence-electron chi connectivity index (χ3n) is 3.85. The first-order chi connectivity index (χ1) is 7.69. The zero-order chi connectivity index (χ0) is 12.0. The summed E-state index contributed by atoms with van der Waals surface area (Å²) >= 11 is 0. The van der Waals surface area contributed by atoms with Crippen LogP contribution < -0.4 is 5.32 Å².